The molecule has 2 amide bonds. The van der Waals surface area contributed by atoms with Crippen molar-refractivity contribution in [1.29, 1.82) is 0 Å². The highest BCUT2D eigenvalue weighted by Crippen LogP contribution is 2.34. The van der Waals surface area contributed by atoms with Gasteiger partial charge in [-0.3, -0.25) is 0 Å². The maximum Gasteiger partial charge on any atom is 0.405 e. The van der Waals surface area contributed by atoms with Crippen molar-refractivity contribution < 1.29 is 27.4 Å². The zero-order valence-electron chi connectivity index (χ0n) is 17.1. The number of amides is 2. The molecule has 2 aromatic carbocycles. The third-order valence-electron chi connectivity index (χ3n) is 4.32. The Balaban J connectivity index is 2.02. The number of anilines is 2. The Bertz CT molecular complexity index is 822. The second-order valence-corrected chi connectivity index (χ2v) is 6.57. The molecule has 0 atom stereocenters. The van der Waals surface area contributed by atoms with Gasteiger partial charge in [-0.1, -0.05) is 13.8 Å². The molecule has 164 valence electrons. The van der Waals surface area contributed by atoms with Crippen LogP contribution in [0.15, 0.2) is 42.5 Å². The summed E-state index contributed by atoms with van der Waals surface area (Å²) >= 11 is 0. The summed E-state index contributed by atoms with van der Waals surface area (Å²) in [5, 5.41) is 7.93. The number of hydrogen-bond acceptors (Lipinski definition) is 4. The van der Waals surface area contributed by atoms with Gasteiger partial charge in [0.05, 0.1) is 7.11 Å². The second kappa shape index (κ2) is 10.6. The number of methoxy groups -OCH3 is 1. The summed E-state index contributed by atoms with van der Waals surface area (Å²) in [5.74, 6) is 1.23. The van der Waals surface area contributed by atoms with Crippen LogP contribution in [0.1, 0.15) is 26.7 Å². The first kappa shape index (κ1) is 23.2. The molecule has 2 rings (SSSR count). The Kier molecular flexibility index (Phi) is 8.20. The van der Waals surface area contributed by atoms with Crippen LogP contribution in [-0.4, -0.2) is 31.9 Å². The van der Waals surface area contributed by atoms with Crippen LogP contribution in [-0.2, 0) is 0 Å². The lowest BCUT2D eigenvalue weighted by molar-refractivity contribution is -0.115. The average Bonchev–Trinajstić information content (AvgIpc) is 2.72. The highest BCUT2D eigenvalue weighted by Gasteiger charge is 2.26. The van der Waals surface area contributed by atoms with Gasteiger partial charge in [-0.2, -0.15) is 13.2 Å². The molecule has 6 nitrogen and oxygen atoms in total. The topological polar surface area (TPSA) is 71.6 Å². The van der Waals surface area contributed by atoms with Gasteiger partial charge in [0.2, 0.25) is 0 Å². The molecule has 0 saturated carbocycles. The summed E-state index contributed by atoms with van der Waals surface area (Å²) in [4.78, 5) is 12.1. The molecule has 9 heteroatoms. The Morgan fingerprint density at radius 2 is 1.63 bits per heavy atom. The molecule has 0 heterocycles. The zero-order chi connectivity index (χ0) is 22.1. The van der Waals surface area contributed by atoms with E-state index < -0.39 is 12.7 Å². The number of urea groups is 1. The lowest BCUT2D eigenvalue weighted by atomic mass is 10.2. The fourth-order valence-corrected chi connectivity index (χ4v) is 2.65. The van der Waals surface area contributed by atoms with Crippen molar-refractivity contribution in [2.75, 3.05) is 24.3 Å². The molecule has 0 spiro atoms. The Hall–Kier alpha value is -3.10. The summed E-state index contributed by atoms with van der Waals surface area (Å²) in [7, 11) is 1.47. The SMILES string of the molecule is CCC(CC)NC(=O)Nc1ccc(Oc2ccc(NCC(F)(F)F)cc2)c(OC)c1. The number of halogens is 3. The Morgan fingerprint density at radius 3 is 2.20 bits per heavy atom. The average molecular weight is 425 g/mol. The van der Waals surface area contributed by atoms with Gasteiger partial charge < -0.3 is 25.4 Å². The number of alkyl halides is 3. The first-order valence-electron chi connectivity index (χ1n) is 9.58. The van der Waals surface area contributed by atoms with E-state index in [9.17, 15) is 18.0 Å². The first-order chi connectivity index (χ1) is 14.2. The minimum Gasteiger partial charge on any atom is -0.493 e. The minimum atomic E-state index is -4.29. The van der Waals surface area contributed by atoms with Crippen molar-refractivity contribution in [1.82, 2.24) is 5.32 Å². The smallest absolute Gasteiger partial charge is 0.405 e. The summed E-state index contributed by atoms with van der Waals surface area (Å²) < 4.78 is 47.9. The van der Waals surface area contributed by atoms with Crippen molar-refractivity contribution in [2.24, 2.45) is 0 Å². The largest absolute Gasteiger partial charge is 0.493 e. The number of benzene rings is 2. The van der Waals surface area contributed by atoms with Gasteiger partial charge in [-0.05, 0) is 49.2 Å². The van der Waals surface area contributed by atoms with E-state index in [2.05, 4.69) is 16.0 Å². The predicted octanol–water partition coefficient (Wildman–Crippen LogP) is 5.77. The maximum atomic E-state index is 12.3. The van der Waals surface area contributed by atoms with Crippen LogP contribution in [0.4, 0.5) is 29.3 Å². The van der Waals surface area contributed by atoms with Crippen molar-refractivity contribution >= 4 is 17.4 Å². The molecule has 0 aliphatic rings. The van der Waals surface area contributed by atoms with E-state index in [1.165, 1.54) is 19.2 Å². The predicted molar refractivity (Wildman–Crippen MR) is 111 cm³/mol. The summed E-state index contributed by atoms with van der Waals surface area (Å²) in [5.41, 5.74) is 0.865. The summed E-state index contributed by atoms with van der Waals surface area (Å²) in [6.07, 6.45) is -2.61. The van der Waals surface area contributed by atoms with E-state index in [0.717, 1.165) is 12.8 Å². The number of nitrogens with one attached hydrogen (secondary N) is 3. The minimum absolute atomic E-state index is 0.100. The highest BCUT2D eigenvalue weighted by atomic mass is 19.4. The fourth-order valence-electron chi connectivity index (χ4n) is 2.65. The van der Waals surface area contributed by atoms with Crippen molar-refractivity contribution in [3.63, 3.8) is 0 Å². The number of carbonyl (C=O) groups is 1. The molecule has 0 aliphatic carbocycles. The normalized spacial score (nSPS) is 11.2. The van der Waals surface area contributed by atoms with Crippen molar-refractivity contribution in [3.05, 3.63) is 42.5 Å². The summed E-state index contributed by atoms with van der Waals surface area (Å²) in [6.45, 7) is 2.89. The van der Waals surface area contributed by atoms with Crippen LogP contribution in [0.25, 0.3) is 0 Å². The maximum absolute atomic E-state index is 12.3. The van der Waals surface area contributed by atoms with Crippen LogP contribution < -0.4 is 25.4 Å². The second-order valence-electron chi connectivity index (χ2n) is 6.57. The number of ether oxygens (including phenoxy) is 2. The molecule has 0 fully saturated rings. The molecule has 0 saturated heterocycles. The monoisotopic (exact) mass is 425 g/mol. The van der Waals surface area contributed by atoms with Crippen LogP contribution in [0.5, 0.6) is 17.2 Å². The van der Waals surface area contributed by atoms with Crippen LogP contribution in [0.3, 0.4) is 0 Å². The molecule has 0 bridgehead atoms. The molecule has 0 unspecified atom stereocenters. The van der Waals surface area contributed by atoms with Gasteiger partial charge in [0, 0.05) is 23.5 Å². The van der Waals surface area contributed by atoms with Gasteiger partial charge in [-0.25, -0.2) is 4.79 Å². The zero-order valence-corrected chi connectivity index (χ0v) is 17.1. The lowest BCUT2D eigenvalue weighted by Gasteiger charge is -2.16. The number of carbonyl (C=O) groups excluding carboxylic acids is 1. The van der Waals surface area contributed by atoms with E-state index in [4.69, 9.17) is 9.47 Å². The standard InChI is InChI=1S/C21H26F3N3O3/c1-4-14(5-2)26-20(28)27-16-8-11-18(19(12-16)29-3)30-17-9-6-15(7-10-17)25-13-21(22,23)24/h6-12,14,25H,4-5,13H2,1-3H3,(H2,26,27,28). The highest BCUT2D eigenvalue weighted by molar-refractivity contribution is 5.89. The molecule has 2 aromatic rings. The van der Waals surface area contributed by atoms with Gasteiger partial charge >= 0.3 is 12.2 Å². The quantitative estimate of drug-likeness (QED) is 0.477. The lowest BCUT2D eigenvalue weighted by Crippen LogP contribution is -2.37. The van der Waals surface area contributed by atoms with Crippen LogP contribution >= 0.6 is 0 Å². The van der Waals surface area contributed by atoms with E-state index in [1.807, 2.05) is 13.8 Å². The van der Waals surface area contributed by atoms with E-state index in [0.29, 0.717) is 28.6 Å². The molecule has 30 heavy (non-hydrogen) atoms. The van der Waals surface area contributed by atoms with Gasteiger partial charge in [0.15, 0.2) is 11.5 Å². The van der Waals surface area contributed by atoms with Crippen molar-refractivity contribution in [3.8, 4) is 17.2 Å². The molecule has 0 aromatic heterocycles. The van der Waals surface area contributed by atoms with Crippen LogP contribution in [0.2, 0.25) is 0 Å². The molecule has 0 radical (unpaired) electrons. The third-order valence-corrected chi connectivity index (χ3v) is 4.32. The number of hydrogen-bond donors (Lipinski definition) is 3. The number of rotatable bonds is 9. The Labute approximate surface area is 173 Å². The van der Waals surface area contributed by atoms with E-state index in [-0.39, 0.29) is 12.1 Å². The molecular formula is C21H26F3N3O3. The van der Waals surface area contributed by atoms with Gasteiger partial charge in [0.1, 0.15) is 12.3 Å². The third kappa shape index (κ3) is 7.38. The summed E-state index contributed by atoms with van der Waals surface area (Å²) in [6, 6.07) is 10.8. The Morgan fingerprint density at radius 1 is 1.00 bits per heavy atom. The molecule has 3 N–H and O–H groups in total. The van der Waals surface area contributed by atoms with E-state index >= 15 is 0 Å². The first-order valence-corrected chi connectivity index (χ1v) is 9.58. The molecule has 0 aliphatic heterocycles. The van der Waals surface area contributed by atoms with E-state index in [1.54, 1.807) is 30.3 Å². The molecular weight excluding hydrogens is 399 g/mol. The van der Waals surface area contributed by atoms with Gasteiger partial charge in [-0.15, -0.1) is 0 Å². The van der Waals surface area contributed by atoms with Crippen LogP contribution in [0, 0.1) is 0 Å². The van der Waals surface area contributed by atoms with Gasteiger partial charge in [0.25, 0.3) is 0 Å². The van der Waals surface area contributed by atoms with Crippen molar-refractivity contribution in [2.45, 2.75) is 38.9 Å². The fraction of sp³-hybridized carbons (Fsp3) is 0.381.